The fraction of sp³-hybridized carbons (Fsp3) is 0.389. The van der Waals surface area contributed by atoms with Gasteiger partial charge in [-0.15, -0.1) is 0 Å². The number of nitrogens with one attached hydrogen (secondary N) is 1. The summed E-state index contributed by atoms with van der Waals surface area (Å²) in [6.07, 6.45) is -0.670. The molecule has 0 saturated carbocycles. The maximum absolute atomic E-state index is 12.2. The summed E-state index contributed by atoms with van der Waals surface area (Å²) >= 11 is 0. The Balaban J connectivity index is 2.10. The Morgan fingerprint density at radius 1 is 1.21 bits per heavy atom. The quantitative estimate of drug-likeness (QED) is 0.869. The van der Waals surface area contributed by atoms with Gasteiger partial charge in [0.2, 0.25) is 0 Å². The van der Waals surface area contributed by atoms with E-state index in [1.54, 1.807) is 0 Å². The molecule has 2 N–H and O–H groups in total. The minimum absolute atomic E-state index is 0.127. The van der Waals surface area contributed by atoms with Gasteiger partial charge in [0.15, 0.2) is 0 Å². The van der Waals surface area contributed by atoms with Crippen LogP contribution in [0, 0.1) is 5.41 Å². The summed E-state index contributed by atoms with van der Waals surface area (Å²) in [4.78, 5) is 24.1. The number of rotatable bonds is 5. The van der Waals surface area contributed by atoms with E-state index in [0.717, 1.165) is 5.56 Å². The summed E-state index contributed by atoms with van der Waals surface area (Å²) in [5.74, 6) is -0.417. The Morgan fingerprint density at radius 2 is 1.88 bits per heavy atom. The van der Waals surface area contributed by atoms with Crippen LogP contribution in [0.1, 0.15) is 36.8 Å². The number of aromatic nitrogens is 2. The minimum Gasteiger partial charge on any atom is -0.391 e. The molecule has 6 nitrogen and oxygen atoms in total. The SMILES string of the molecule is CC(C)(C)C(O)CNC(=O)c1ccc(=O)n(Cc2ccccc2)n1. The van der Waals surface area contributed by atoms with Crippen molar-refractivity contribution in [3.05, 3.63) is 64.1 Å². The molecule has 128 valence electrons. The fourth-order valence-corrected chi connectivity index (χ4v) is 2.03. The third kappa shape index (κ3) is 4.76. The zero-order chi connectivity index (χ0) is 17.7. The molecule has 24 heavy (non-hydrogen) atoms. The van der Waals surface area contributed by atoms with E-state index in [9.17, 15) is 14.7 Å². The molecular formula is C18H23N3O3. The summed E-state index contributed by atoms with van der Waals surface area (Å²) in [6, 6.07) is 12.1. The summed E-state index contributed by atoms with van der Waals surface area (Å²) in [6.45, 7) is 6.10. The number of aliphatic hydroxyl groups excluding tert-OH is 1. The van der Waals surface area contributed by atoms with Crippen molar-refractivity contribution in [2.75, 3.05) is 6.54 Å². The van der Waals surface area contributed by atoms with Crippen molar-refractivity contribution < 1.29 is 9.90 Å². The first kappa shape index (κ1) is 17.9. The Labute approximate surface area is 141 Å². The molecule has 0 saturated heterocycles. The van der Waals surface area contributed by atoms with Crippen molar-refractivity contribution >= 4 is 5.91 Å². The second-order valence-electron chi connectivity index (χ2n) is 6.79. The van der Waals surface area contributed by atoms with E-state index in [-0.39, 0.29) is 23.2 Å². The van der Waals surface area contributed by atoms with Crippen LogP contribution in [-0.2, 0) is 6.54 Å². The predicted octanol–water partition coefficient (Wildman–Crippen LogP) is 1.43. The van der Waals surface area contributed by atoms with Gasteiger partial charge in [-0.25, -0.2) is 4.68 Å². The monoisotopic (exact) mass is 329 g/mol. The van der Waals surface area contributed by atoms with Crippen molar-refractivity contribution in [2.24, 2.45) is 5.41 Å². The van der Waals surface area contributed by atoms with Gasteiger partial charge in [-0.1, -0.05) is 51.1 Å². The number of hydrogen-bond acceptors (Lipinski definition) is 4. The van der Waals surface area contributed by atoms with Gasteiger partial charge in [0.05, 0.1) is 12.6 Å². The second kappa shape index (κ2) is 7.40. The number of amides is 1. The largest absolute Gasteiger partial charge is 0.391 e. The molecule has 2 rings (SSSR count). The molecule has 6 heteroatoms. The average molecular weight is 329 g/mol. The molecule has 1 aromatic heterocycles. The van der Waals surface area contributed by atoms with Crippen LogP contribution in [0.15, 0.2) is 47.3 Å². The lowest BCUT2D eigenvalue weighted by Gasteiger charge is -2.25. The van der Waals surface area contributed by atoms with Gasteiger partial charge in [0.25, 0.3) is 11.5 Å². The summed E-state index contributed by atoms with van der Waals surface area (Å²) < 4.78 is 1.25. The van der Waals surface area contributed by atoms with Crippen LogP contribution in [0.3, 0.4) is 0 Å². The molecule has 1 amide bonds. The normalized spacial score (nSPS) is 12.7. The average Bonchev–Trinajstić information content (AvgIpc) is 2.54. The smallest absolute Gasteiger partial charge is 0.271 e. The third-order valence-corrected chi connectivity index (χ3v) is 3.73. The van der Waals surface area contributed by atoms with Crippen LogP contribution in [-0.4, -0.2) is 33.4 Å². The van der Waals surface area contributed by atoms with E-state index >= 15 is 0 Å². The summed E-state index contributed by atoms with van der Waals surface area (Å²) in [5.41, 5.74) is 0.469. The van der Waals surface area contributed by atoms with Crippen LogP contribution in [0.25, 0.3) is 0 Å². The van der Waals surface area contributed by atoms with Crippen LogP contribution < -0.4 is 10.9 Å². The van der Waals surface area contributed by atoms with E-state index in [1.165, 1.54) is 16.8 Å². The molecule has 2 aromatic rings. The number of benzene rings is 1. The van der Waals surface area contributed by atoms with Crippen LogP contribution in [0.5, 0.6) is 0 Å². The van der Waals surface area contributed by atoms with Gasteiger partial charge < -0.3 is 10.4 Å². The standard InChI is InChI=1S/C18H23N3O3/c1-18(2,3)15(22)11-19-17(24)14-9-10-16(23)21(20-14)12-13-7-5-4-6-8-13/h4-10,15,22H,11-12H2,1-3H3,(H,19,24). The Hall–Kier alpha value is -2.47. The highest BCUT2D eigenvalue weighted by Crippen LogP contribution is 2.18. The molecule has 1 atom stereocenters. The number of hydrogen-bond donors (Lipinski definition) is 2. The highest BCUT2D eigenvalue weighted by atomic mass is 16.3. The first-order chi connectivity index (χ1) is 11.3. The first-order valence-electron chi connectivity index (χ1n) is 7.86. The maximum Gasteiger partial charge on any atom is 0.271 e. The molecule has 0 aliphatic rings. The Bertz CT molecular complexity index is 748. The van der Waals surface area contributed by atoms with E-state index in [1.807, 2.05) is 51.1 Å². The first-order valence-corrected chi connectivity index (χ1v) is 7.86. The minimum atomic E-state index is -0.670. The van der Waals surface area contributed by atoms with Gasteiger partial charge in [-0.3, -0.25) is 9.59 Å². The number of nitrogens with zero attached hydrogens (tertiary/aromatic N) is 2. The molecule has 1 aromatic carbocycles. The molecule has 0 aliphatic carbocycles. The molecule has 1 unspecified atom stereocenters. The van der Waals surface area contributed by atoms with Gasteiger partial charge in [-0.2, -0.15) is 5.10 Å². The van der Waals surface area contributed by atoms with E-state index < -0.39 is 12.0 Å². The van der Waals surface area contributed by atoms with Gasteiger partial charge in [0, 0.05) is 12.6 Å². The van der Waals surface area contributed by atoms with Gasteiger partial charge >= 0.3 is 0 Å². The zero-order valence-electron chi connectivity index (χ0n) is 14.2. The number of carbonyl (C=O) groups excluding carboxylic acids is 1. The van der Waals surface area contributed by atoms with Crippen LogP contribution in [0.2, 0.25) is 0 Å². The lowest BCUT2D eigenvalue weighted by Crippen LogP contribution is -2.40. The topological polar surface area (TPSA) is 84.2 Å². The Kier molecular flexibility index (Phi) is 5.51. The second-order valence-corrected chi connectivity index (χ2v) is 6.79. The van der Waals surface area contributed by atoms with E-state index in [4.69, 9.17) is 0 Å². The molecule has 0 aliphatic heterocycles. The molecule has 1 heterocycles. The molecule has 0 fully saturated rings. The van der Waals surface area contributed by atoms with Crippen molar-refractivity contribution in [1.29, 1.82) is 0 Å². The van der Waals surface area contributed by atoms with Gasteiger partial charge in [-0.05, 0) is 17.0 Å². The van der Waals surface area contributed by atoms with Crippen LogP contribution >= 0.6 is 0 Å². The lowest BCUT2D eigenvalue weighted by molar-refractivity contribution is 0.0585. The highest BCUT2D eigenvalue weighted by molar-refractivity contribution is 5.92. The lowest BCUT2D eigenvalue weighted by atomic mass is 9.89. The summed E-state index contributed by atoms with van der Waals surface area (Å²) in [7, 11) is 0. The molecule has 0 bridgehead atoms. The van der Waals surface area contributed by atoms with Crippen molar-refractivity contribution in [2.45, 2.75) is 33.4 Å². The van der Waals surface area contributed by atoms with Crippen LogP contribution in [0.4, 0.5) is 0 Å². The molecule has 0 radical (unpaired) electrons. The number of carbonyl (C=O) groups is 1. The fourth-order valence-electron chi connectivity index (χ4n) is 2.03. The van der Waals surface area contributed by atoms with Crippen molar-refractivity contribution in [3.8, 4) is 0 Å². The van der Waals surface area contributed by atoms with Gasteiger partial charge in [0.1, 0.15) is 5.69 Å². The van der Waals surface area contributed by atoms with E-state index in [2.05, 4.69) is 10.4 Å². The van der Waals surface area contributed by atoms with E-state index in [0.29, 0.717) is 6.54 Å². The Morgan fingerprint density at radius 3 is 2.50 bits per heavy atom. The maximum atomic E-state index is 12.2. The molecule has 0 spiro atoms. The zero-order valence-corrected chi connectivity index (χ0v) is 14.2. The summed E-state index contributed by atoms with van der Waals surface area (Å²) in [5, 5.41) is 16.8. The van der Waals surface area contributed by atoms with Crippen molar-refractivity contribution in [3.63, 3.8) is 0 Å². The predicted molar refractivity (Wildman–Crippen MR) is 91.8 cm³/mol. The molecular weight excluding hydrogens is 306 g/mol. The van der Waals surface area contributed by atoms with Crippen molar-refractivity contribution in [1.82, 2.24) is 15.1 Å². The highest BCUT2D eigenvalue weighted by Gasteiger charge is 2.23. The third-order valence-electron chi connectivity index (χ3n) is 3.73. The number of aliphatic hydroxyl groups is 1.